The highest BCUT2D eigenvalue weighted by molar-refractivity contribution is 9.10. The molecule has 1 aromatic heterocycles. The predicted molar refractivity (Wildman–Crippen MR) is 70.3 cm³/mol. The number of allylic oxidation sites excluding steroid dienone is 1. The summed E-state index contributed by atoms with van der Waals surface area (Å²) in [4.78, 5) is 23.2. The zero-order valence-corrected chi connectivity index (χ0v) is 11.4. The van der Waals surface area contributed by atoms with Crippen LogP contribution in [0.3, 0.4) is 0 Å². The molecule has 1 amide bonds. The van der Waals surface area contributed by atoms with E-state index in [1.165, 1.54) is 11.3 Å². The maximum absolute atomic E-state index is 11.8. The minimum Gasteiger partial charge on any atom is -0.480 e. The summed E-state index contributed by atoms with van der Waals surface area (Å²) in [6, 6.07) is 0.869. The fourth-order valence-electron chi connectivity index (χ4n) is 1.22. The summed E-state index contributed by atoms with van der Waals surface area (Å²) in [6.07, 6.45) is 2.51. The number of aliphatic carboxylic acids is 1. The van der Waals surface area contributed by atoms with Crippen LogP contribution in [0.25, 0.3) is 0 Å². The van der Waals surface area contributed by atoms with Crippen molar-refractivity contribution < 1.29 is 14.7 Å². The van der Waals surface area contributed by atoms with Crippen molar-refractivity contribution >= 4 is 39.1 Å². The second-order valence-electron chi connectivity index (χ2n) is 3.33. The molecule has 1 aromatic rings. The molecule has 0 aliphatic carbocycles. The van der Waals surface area contributed by atoms with Gasteiger partial charge in [0.25, 0.3) is 5.91 Å². The van der Waals surface area contributed by atoms with Crippen LogP contribution in [0.1, 0.15) is 22.5 Å². The van der Waals surface area contributed by atoms with Crippen molar-refractivity contribution in [3.8, 4) is 0 Å². The molecule has 4 nitrogen and oxygen atoms in total. The van der Waals surface area contributed by atoms with Crippen LogP contribution in [-0.4, -0.2) is 23.0 Å². The lowest BCUT2D eigenvalue weighted by molar-refractivity contribution is -0.139. The molecule has 2 N–H and O–H groups in total. The van der Waals surface area contributed by atoms with Gasteiger partial charge in [-0.2, -0.15) is 0 Å². The summed E-state index contributed by atoms with van der Waals surface area (Å²) in [5.74, 6) is -1.41. The van der Waals surface area contributed by atoms with E-state index in [4.69, 9.17) is 5.11 Å². The maximum atomic E-state index is 11.8. The first-order valence-corrected chi connectivity index (χ1v) is 6.61. The Hall–Kier alpha value is -1.14. The molecule has 0 aromatic carbocycles. The van der Waals surface area contributed by atoms with Crippen LogP contribution in [0.4, 0.5) is 0 Å². The van der Waals surface area contributed by atoms with E-state index in [1.807, 2.05) is 0 Å². The number of halogens is 1. The lowest BCUT2D eigenvalue weighted by Crippen LogP contribution is -2.40. The van der Waals surface area contributed by atoms with Crippen LogP contribution in [0.5, 0.6) is 0 Å². The molecule has 17 heavy (non-hydrogen) atoms. The number of hydrogen-bond donors (Lipinski definition) is 2. The van der Waals surface area contributed by atoms with Crippen molar-refractivity contribution in [1.82, 2.24) is 5.32 Å². The van der Waals surface area contributed by atoms with E-state index in [0.717, 1.165) is 0 Å². The number of rotatable bonds is 6. The number of nitrogens with one attached hydrogen (secondary N) is 1. The van der Waals surface area contributed by atoms with Crippen molar-refractivity contribution in [2.45, 2.75) is 18.9 Å². The number of hydrogen-bond acceptors (Lipinski definition) is 3. The predicted octanol–water partition coefficient (Wildman–Crippen LogP) is 2.66. The summed E-state index contributed by atoms with van der Waals surface area (Å²) in [5, 5.41) is 13.2. The zero-order chi connectivity index (χ0) is 12.8. The number of carbonyl (C=O) groups is 2. The Labute approximate surface area is 111 Å². The van der Waals surface area contributed by atoms with E-state index in [2.05, 4.69) is 27.8 Å². The number of carboxylic acids is 1. The second-order valence-corrected chi connectivity index (χ2v) is 5.10. The quantitative estimate of drug-likeness (QED) is 0.793. The van der Waals surface area contributed by atoms with Crippen molar-refractivity contribution in [3.63, 3.8) is 0 Å². The van der Waals surface area contributed by atoms with Gasteiger partial charge < -0.3 is 10.4 Å². The Morgan fingerprint density at radius 1 is 1.65 bits per heavy atom. The highest BCUT2D eigenvalue weighted by atomic mass is 79.9. The SMILES string of the molecule is C=CCCC(NC(=O)c1sccc1Br)C(=O)O. The first-order chi connectivity index (χ1) is 8.06. The highest BCUT2D eigenvalue weighted by Gasteiger charge is 2.21. The molecule has 1 rings (SSSR count). The fourth-order valence-corrected chi connectivity index (χ4v) is 2.68. The van der Waals surface area contributed by atoms with Gasteiger partial charge in [-0.1, -0.05) is 6.08 Å². The van der Waals surface area contributed by atoms with E-state index < -0.39 is 12.0 Å². The Kier molecular flexibility index (Phi) is 5.37. The number of thiophene rings is 1. The van der Waals surface area contributed by atoms with Gasteiger partial charge >= 0.3 is 5.97 Å². The summed E-state index contributed by atoms with van der Waals surface area (Å²) in [5.41, 5.74) is 0. The van der Waals surface area contributed by atoms with Gasteiger partial charge in [-0.25, -0.2) is 4.79 Å². The molecule has 92 valence electrons. The third-order valence-corrected chi connectivity index (χ3v) is 3.92. The fraction of sp³-hybridized carbons (Fsp3) is 0.273. The summed E-state index contributed by atoms with van der Waals surface area (Å²) >= 11 is 4.50. The molecule has 0 fully saturated rings. The first-order valence-electron chi connectivity index (χ1n) is 4.93. The lowest BCUT2D eigenvalue weighted by Gasteiger charge is -2.12. The standard InChI is InChI=1S/C11H12BrNO3S/c1-2-3-4-8(11(15)16)13-10(14)9-7(12)5-6-17-9/h2,5-6,8H,1,3-4H2,(H,13,14)(H,15,16). The largest absolute Gasteiger partial charge is 0.480 e. The van der Waals surface area contributed by atoms with Gasteiger partial charge in [0, 0.05) is 4.47 Å². The molecule has 0 radical (unpaired) electrons. The molecule has 0 saturated carbocycles. The Bertz CT molecular complexity index is 430. The van der Waals surface area contributed by atoms with Gasteiger partial charge in [0.1, 0.15) is 10.9 Å². The third kappa shape index (κ3) is 3.98. The second kappa shape index (κ2) is 6.56. The molecule has 0 aliphatic rings. The Morgan fingerprint density at radius 3 is 2.82 bits per heavy atom. The van der Waals surface area contributed by atoms with Crippen molar-refractivity contribution in [1.29, 1.82) is 0 Å². The van der Waals surface area contributed by atoms with Gasteiger partial charge in [-0.15, -0.1) is 17.9 Å². The van der Waals surface area contributed by atoms with Gasteiger partial charge in [0.15, 0.2) is 0 Å². The van der Waals surface area contributed by atoms with Crippen molar-refractivity contribution in [2.75, 3.05) is 0 Å². The molecular formula is C11H12BrNO3S. The van der Waals surface area contributed by atoms with Gasteiger partial charge in [-0.05, 0) is 40.2 Å². The third-order valence-electron chi connectivity index (χ3n) is 2.09. The molecule has 0 bridgehead atoms. The van der Waals surface area contributed by atoms with Crippen LogP contribution >= 0.6 is 27.3 Å². The van der Waals surface area contributed by atoms with Crippen LogP contribution in [0.2, 0.25) is 0 Å². The lowest BCUT2D eigenvalue weighted by atomic mass is 10.1. The highest BCUT2D eigenvalue weighted by Crippen LogP contribution is 2.22. The smallest absolute Gasteiger partial charge is 0.326 e. The van der Waals surface area contributed by atoms with E-state index in [-0.39, 0.29) is 5.91 Å². The molecule has 0 spiro atoms. The van der Waals surface area contributed by atoms with Gasteiger partial charge in [0.2, 0.25) is 0 Å². The number of carbonyl (C=O) groups excluding carboxylic acids is 1. The van der Waals surface area contributed by atoms with Crippen LogP contribution in [-0.2, 0) is 4.79 Å². The van der Waals surface area contributed by atoms with E-state index in [1.54, 1.807) is 17.5 Å². The van der Waals surface area contributed by atoms with E-state index in [0.29, 0.717) is 22.2 Å². The van der Waals surface area contributed by atoms with Gasteiger partial charge in [0.05, 0.1) is 0 Å². The Balaban J connectivity index is 2.67. The summed E-state index contributed by atoms with van der Waals surface area (Å²) in [6.45, 7) is 3.52. The molecule has 0 aliphatic heterocycles. The molecule has 6 heteroatoms. The van der Waals surface area contributed by atoms with Crippen molar-refractivity contribution in [3.05, 3.63) is 33.5 Å². The number of carboxylic acid groups (broad SMARTS) is 1. The van der Waals surface area contributed by atoms with E-state index >= 15 is 0 Å². The number of amides is 1. The molecule has 1 heterocycles. The van der Waals surface area contributed by atoms with Crippen LogP contribution in [0.15, 0.2) is 28.6 Å². The monoisotopic (exact) mass is 317 g/mol. The summed E-state index contributed by atoms with van der Waals surface area (Å²) in [7, 11) is 0. The molecule has 0 saturated heterocycles. The summed E-state index contributed by atoms with van der Waals surface area (Å²) < 4.78 is 0.674. The molecular weight excluding hydrogens is 306 g/mol. The minimum atomic E-state index is -1.03. The first kappa shape index (κ1) is 13.9. The maximum Gasteiger partial charge on any atom is 0.326 e. The topological polar surface area (TPSA) is 66.4 Å². The van der Waals surface area contributed by atoms with Crippen LogP contribution < -0.4 is 5.32 Å². The van der Waals surface area contributed by atoms with Gasteiger partial charge in [-0.3, -0.25) is 4.79 Å². The van der Waals surface area contributed by atoms with Crippen molar-refractivity contribution in [2.24, 2.45) is 0 Å². The Morgan fingerprint density at radius 2 is 2.35 bits per heavy atom. The normalized spacial score (nSPS) is 11.8. The molecule has 1 atom stereocenters. The minimum absolute atomic E-state index is 0.341. The van der Waals surface area contributed by atoms with E-state index in [9.17, 15) is 9.59 Å². The average molecular weight is 318 g/mol. The molecule has 1 unspecified atom stereocenters. The average Bonchev–Trinajstić information content (AvgIpc) is 2.70. The van der Waals surface area contributed by atoms with Crippen LogP contribution in [0, 0.1) is 0 Å². The zero-order valence-electron chi connectivity index (χ0n) is 8.98.